The molecular weight excluding hydrogens is 394 g/mol. The number of nitro groups is 1. The number of carbonyl (C=O) groups is 4. The van der Waals surface area contributed by atoms with Crippen LogP contribution >= 0.6 is 0 Å². The maximum absolute atomic E-state index is 12.3. The number of hydrogen-bond acceptors (Lipinski definition) is 7. The van der Waals surface area contributed by atoms with Crippen molar-refractivity contribution in [2.75, 3.05) is 18.5 Å². The van der Waals surface area contributed by atoms with Crippen molar-refractivity contribution in [2.24, 2.45) is 11.8 Å². The van der Waals surface area contributed by atoms with E-state index in [0.29, 0.717) is 18.4 Å². The minimum absolute atomic E-state index is 0.0882. The van der Waals surface area contributed by atoms with Gasteiger partial charge in [-0.1, -0.05) is 18.2 Å². The van der Waals surface area contributed by atoms with Gasteiger partial charge in [0.1, 0.15) is 0 Å². The number of imide groups is 1. The van der Waals surface area contributed by atoms with Crippen LogP contribution in [-0.4, -0.2) is 46.7 Å². The Morgan fingerprint density at radius 1 is 1.20 bits per heavy atom. The molecule has 158 valence electrons. The van der Waals surface area contributed by atoms with E-state index in [0.717, 1.165) is 4.90 Å². The van der Waals surface area contributed by atoms with Crippen LogP contribution in [-0.2, 0) is 23.9 Å². The second kappa shape index (κ2) is 8.85. The van der Waals surface area contributed by atoms with Gasteiger partial charge in [-0.3, -0.25) is 34.2 Å². The monoisotopic (exact) mass is 415 g/mol. The molecular formula is C20H21N3O7. The van der Waals surface area contributed by atoms with Gasteiger partial charge in [0.05, 0.1) is 28.9 Å². The molecule has 1 aromatic rings. The quantitative estimate of drug-likeness (QED) is 0.235. The number of anilines is 1. The molecule has 0 spiro atoms. The number of likely N-dealkylation sites (tertiary alicyclic amines) is 1. The number of hydrogen-bond donors (Lipinski definition) is 1. The Kier molecular flexibility index (Phi) is 6.24. The molecule has 1 fully saturated rings. The molecule has 1 aromatic carbocycles. The summed E-state index contributed by atoms with van der Waals surface area (Å²) >= 11 is 0. The van der Waals surface area contributed by atoms with E-state index >= 15 is 0 Å². The van der Waals surface area contributed by atoms with Crippen LogP contribution in [0.15, 0.2) is 30.4 Å². The summed E-state index contributed by atoms with van der Waals surface area (Å²) in [5, 5.41) is 13.3. The first kappa shape index (κ1) is 21.2. The average molecular weight is 415 g/mol. The number of aryl methyl sites for hydroxylation is 1. The number of carbonyl (C=O) groups excluding carboxylic acids is 4. The van der Waals surface area contributed by atoms with Crippen molar-refractivity contribution in [3.63, 3.8) is 0 Å². The van der Waals surface area contributed by atoms with E-state index in [9.17, 15) is 29.3 Å². The van der Waals surface area contributed by atoms with Crippen LogP contribution < -0.4 is 5.32 Å². The summed E-state index contributed by atoms with van der Waals surface area (Å²) in [5.74, 6) is -2.65. The van der Waals surface area contributed by atoms with Gasteiger partial charge in [0, 0.05) is 18.7 Å². The molecule has 10 heteroatoms. The normalized spacial score (nSPS) is 20.1. The van der Waals surface area contributed by atoms with Crippen LogP contribution in [0.1, 0.15) is 24.8 Å². The molecule has 10 nitrogen and oxygen atoms in total. The van der Waals surface area contributed by atoms with Gasteiger partial charge in [0.15, 0.2) is 6.61 Å². The molecule has 2 atom stereocenters. The maximum Gasteiger partial charge on any atom is 0.308 e. The number of allylic oxidation sites excluding steroid dienone is 2. The van der Waals surface area contributed by atoms with Crippen molar-refractivity contribution in [3.8, 4) is 0 Å². The van der Waals surface area contributed by atoms with Crippen LogP contribution in [0.5, 0.6) is 0 Å². The van der Waals surface area contributed by atoms with Crippen LogP contribution in [0.2, 0.25) is 0 Å². The van der Waals surface area contributed by atoms with Crippen molar-refractivity contribution in [1.82, 2.24) is 4.90 Å². The van der Waals surface area contributed by atoms with Gasteiger partial charge in [0.25, 0.3) is 11.6 Å². The van der Waals surface area contributed by atoms with Crippen LogP contribution in [0.25, 0.3) is 0 Å². The predicted molar refractivity (Wildman–Crippen MR) is 104 cm³/mol. The molecule has 2 aliphatic rings. The number of benzene rings is 1. The van der Waals surface area contributed by atoms with E-state index in [1.807, 2.05) is 12.2 Å². The van der Waals surface area contributed by atoms with E-state index in [2.05, 4.69) is 5.32 Å². The first-order valence-electron chi connectivity index (χ1n) is 9.48. The Hall–Kier alpha value is -3.56. The number of non-ortho nitro benzene ring substituents is 1. The van der Waals surface area contributed by atoms with Gasteiger partial charge in [0.2, 0.25) is 11.8 Å². The lowest BCUT2D eigenvalue weighted by atomic mass is 9.85. The minimum atomic E-state index is -0.727. The predicted octanol–water partition coefficient (Wildman–Crippen LogP) is 1.73. The van der Waals surface area contributed by atoms with Crippen molar-refractivity contribution in [1.29, 1.82) is 0 Å². The third-order valence-electron chi connectivity index (χ3n) is 5.21. The number of rotatable bonds is 7. The topological polar surface area (TPSA) is 136 Å². The second-order valence-corrected chi connectivity index (χ2v) is 7.20. The minimum Gasteiger partial charge on any atom is -0.456 e. The highest BCUT2D eigenvalue weighted by Gasteiger charge is 2.46. The summed E-state index contributed by atoms with van der Waals surface area (Å²) in [4.78, 5) is 60.0. The van der Waals surface area contributed by atoms with E-state index < -0.39 is 23.4 Å². The van der Waals surface area contributed by atoms with Crippen molar-refractivity contribution >= 4 is 35.1 Å². The number of esters is 1. The van der Waals surface area contributed by atoms with E-state index in [1.54, 1.807) is 6.92 Å². The Labute approximate surface area is 172 Å². The summed E-state index contributed by atoms with van der Waals surface area (Å²) in [6.07, 6.45) is 4.59. The fourth-order valence-corrected chi connectivity index (χ4v) is 3.56. The zero-order chi connectivity index (χ0) is 21.8. The fraction of sp³-hybridized carbons (Fsp3) is 0.400. The van der Waals surface area contributed by atoms with Gasteiger partial charge in [-0.05, 0) is 25.3 Å². The molecule has 0 saturated carbocycles. The zero-order valence-corrected chi connectivity index (χ0v) is 16.3. The third-order valence-corrected chi connectivity index (χ3v) is 5.21. The summed E-state index contributed by atoms with van der Waals surface area (Å²) in [6.45, 7) is 0.996. The first-order chi connectivity index (χ1) is 14.3. The highest BCUT2D eigenvalue weighted by Crippen LogP contribution is 2.35. The molecule has 3 amide bonds. The Bertz CT molecular complexity index is 914. The average Bonchev–Trinajstić information content (AvgIpc) is 2.96. The van der Waals surface area contributed by atoms with Crippen LogP contribution in [0.3, 0.4) is 0 Å². The van der Waals surface area contributed by atoms with Gasteiger partial charge in [-0.25, -0.2) is 0 Å². The standard InChI is InChI=1S/C20H21N3O7/c1-12-6-7-13(23(28)29)10-16(12)21-17(24)11-30-18(25)8-9-22-19(26)14-4-2-3-5-15(14)20(22)27/h2-3,6-7,10,14-15H,4-5,8-9,11H2,1H3,(H,21,24)/t14-,15+. The fourth-order valence-electron chi connectivity index (χ4n) is 3.56. The molecule has 3 rings (SSSR count). The Morgan fingerprint density at radius 2 is 1.83 bits per heavy atom. The number of nitro benzene ring substituents is 1. The third kappa shape index (κ3) is 4.53. The van der Waals surface area contributed by atoms with Gasteiger partial charge < -0.3 is 10.1 Å². The number of ether oxygens (including phenoxy) is 1. The molecule has 0 unspecified atom stereocenters. The lowest BCUT2D eigenvalue weighted by Gasteiger charge is -2.14. The van der Waals surface area contributed by atoms with E-state index in [4.69, 9.17) is 4.74 Å². The highest BCUT2D eigenvalue weighted by molar-refractivity contribution is 6.05. The molecule has 0 bridgehead atoms. The van der Waals surface area contributed by atoms with Crippen LogP contribution in [0.4, 0.5) is 11.4 Å². The van der Waals surface area contributed by atoms with E-state index in [-0.39, 0.29) is 48.0 Å². The molecule has 1 N–H and O–H groups in total. The smallest absolute Gasteiger partial charge is 0.308 e. The summed E-state index contributed by atoms with van der Waals surface area (Å²) < 4.78 is 4.90. The van der Waals surface area contributed by atoms with E-state index in [1.165, 1.54) is 18.2 Å². The lowest BCUT2D eigenvalue weighted by Crippen LogP contribution is -2.33. The van der Waals surface area contributed by atoms with Gasteiger partial charge in [-0.15, -0.1) is 0 Å². The first-order valence-corrected chi connectivity index (χ1v) is 9.48. The largest absolute Gasteiger partial charge is 0.456 e. The van der Waals surface area contributed by atoms with Gasteiger partial charge >= 0.3 is 5.97 Å². The van der Waals surface area contributed by atoms with Crippen molar-refractivity contribution < 1.29 is 28.8 Å². The molecule has 30 heavy (non-hydrogen) atoms. The number of nitrogens with one attached hydrogen (secondary N) is 1. The maximum atomic E-state index is 12.3. The Morgan fingerprint density at radius 3 is 2.43 bits per heavy atom. The van der Waals surface area contributed by atoms with Gasteiger partial charge in [-0.2, -0.15) is 0 Å². The zero-order valence-electron chi connectivity index (χ0n) is 16.3. The molecule has 1 heterocycles. The molecule has 1 saturated heterocycles. The highest BCUT2D eigenvalue weighted by atomic mass is 16.6. The van der Waals surface area contributed by atoms with Crippen LogP contribution in [0, 0.1) is 28.9 Å². The summed E-state index contributed by atoms with van der Waals surface area (Å²) in [7, 11) is 0. The summed E-state index contributed by atoms with van der Waals surface area (Å²) in [5.41, 5.74) is 0.681. The number of amides is 3. The molecule has 1 aliphatic carbocycles. The SMILES string of the molecule is Cc1ccc([N+](=O)[O-])cc1NC(=O)COC(=O)CCN1C(=O)[C@H]2CC=CC[C@H]2C1=O. The lowest BCUT2D eigenvalue weighted by molar-refractivity contribution is -0.384. The second-order valence-electron chi connectivity index (χ2n) is 7.20. The van der Waals surface area contributed by atoms with Crippen molar-refractivity contribution in [3.05, 3.63) is 46.0 Å². The molecule has 0 aromatic heterocycles. The Balaban J connectivity index is 1.46. The van der Waals surface area contributed by atoms with Crippen molar-refractivity contribution in [2.45, 2.75) is 26.2 Å². The number of nitrogens with zero attached hydrogens (tertiary/aromatic N) is 2. The summed E-state index contributed by atoms with van der Waals surface area (Å²) in [6, 6.07) is 4.03. The molecule has 0 radical (unpaired) electrons. The number of fused-ring (bicyclic) bond motifs is 1. The molecule has 1 aliphatic heterocycles.